The predicted molar refractivity (Wildman–Crippen MR) is 102 cm³/mol. The third-order valence-electron chi connectivity index (χ3n) is 4.84. The summed E-state index contributed by atoms with van der Waals surface area (Å²) in [6, 6.07) is 7.72. The van der Waals surface area contributed by atoms with Gasteiger partial charge in [0.15, 0.2) is 0 Å². The molecule has 1 unspecified atom stereocenters. The molecular weight excluding hydrogens is 352 g/mol. The van der Waals surface area contributed by atoms with E-state index in [4.69, 9.17) is 4.74 Å². The Morgan fingerprint density at radius 3 is 2.27 bits per heavy atom. The number of amides is 1. The molecule has 0 saturated carbocycles. The summed E-state index contributed by atoms with van der Waals surface area (Å²) < 4.78 is 29.9. The van der Waals surface area contributed by atoms with Gasteiger partial charge in [0.2, 0.25) is 15.9 Å². The second-order valence-corrected chi connectivity index (χ2v) is 9.38. The van der Waals surface area contributed by atoms with Gasteiger partial charge in [-0.2, -0.15) is 0 Å². The van der Waals surface area contributed by atoms with Crippen LogP contribution in [0.1, 0.15) is 44.7 Å². The lowest BCUT2D eigenvalue weighted by molar-refractivity contribution is -0.127. The van der Waals surface area contributed by atoms with Crippen molar-refractivity contribution in [2.24, 2.45) is 11.8 Å². The molecule has 0 aliphatic carbocycles. The third kappa shape index (κ3) is 5.71. The number of nitrogens with zero attached hydrogens (tertiary/aromatic N) is 1. The number of rotatable bonds is 7. The van der Waals surface area contributed by atoms with Crippen molar-refractivity contribution in [2.45, 2.75) is 39.2 Å². The Balaban J connectivity index is 2.02. The topological polar surface area (TPSA) is 75.7 Å². The maximum absolute atomic E-state index is 12.7. The molecule has 1 atom stereocenters. The largest absolute Gasteiger partial charge is 0.497 e. The maximum atomic E-state index is 12.7. The highest BCUT2D eigenvalue weighted by Gasteiger charge is 2.30. The van der Waals surface area contributed by atoms with E-state index < -0.39 is 10.0 Å². The van der Waals surface area contributed by atoms with Crippen LogP contribution < -0.4 is 10.1 Å². The van der Waals surface area contributed by atoms with Crippen molar-refractivity contribution in [3.8, 4) is 5.75 Å². The van der Waals surface area contributed by atoms with Crippen molar-refractivity contribution >= 4 is 15.9 Å². The second kappa shape index (κ2) is 8.86. The van der Waals surface area contributed by atoms with Gasteiger partial charge in [0.25, 0.3) is 0 Å². The molecule has 1 fully saturated rings. The summed E-state index contributed by atoms with van der Waals surface area (Å²) in [4.78, 5) is 12.7. The van der Waals surface area contributed by atoms with E-state index in [1.165, 1.54) is 10.6 Å². The molecule has 2 rings (SSSR count). The number of piperidine rings is 1. The zero-order chi connectivity index (χ0) is 19.3. The number of methoxy groups -OCH3 is 1. The molecule has 0 bridgehead atoms. The van der Waals surface area contributed by atoms with Gasteiger partial charge in [0.05, 0.1) is 19.4 Å². The van der Waals surface area contributed by atoms with Gasteiger partial charge in [-0.15, -0.1) is 0 Å². The van der Waals surface area contributed by atoms with Crippen molar-refractivity contribution in [1.82, 2.24) is 9.62 Å². The van der Waals surface area contributed by atoms with Crippen LogP contribution in [0, 0.1) is 11.8 Å². The van der Waals surface area contributed by atoms with Gasteiger partial charge in [0, 0.05) is 19.0 Å². The van der Waals surface area contributed by atoms with E-state index in [0.717, 1.165) is 17.7 Å². The average Bonchev–Trinajstić information content (AvgIpc) is 2.60. The summed E-state index contributed by atoms with van der Waals surface area (Å²) >= 11 is 0. The van der Waals surface area contributed by atoms with E-state index >= 15 is 0 Å². The van der Waals surface area contributed by atoms with E-state index in [1.807, 2.05) is 24.3 Å². The summed E-state index contributed by atoms with van der Waals surface area (Å²) in [7, 11) is -1.54. The van der Waals surface area contributed by atoms with Gasteiger partial charge in [-0.3, -0.25) is 4.79 Å². The zero-order valence-electron chi connectivity index (χ0n) is 16.1. The summed E-state index contributed by atoms with van der Waals surface area (Å²) in [6.07, 6.45) is 3.20. The Kier molecular flexibility index (Phi) is 7.06. The van der Waals surface area contributed by atoms with E-state index in [0.29, 0.717) is 31.8 Å². The van der Waals surface area contributed by atoms with Crippen LogP contribution in [-0.4, -0.2) is 45.1 Å². The van der Waals surface area contributed by atoms with Crippen molar-refractivity contribution in [3.63, 3.8) is 0 Å². The molecule has 0 radical (unpaired) electrons. The molecule has 1 heterocycles. The second-order valence-electron chi connectivity index (χ2n) is 7.40. The van der Waals surface area contributed by atoms with E-state index in [-0.39, 0.29) is 17.9 Å². The summed E-state index contributed by atoms with van der Waals surface area (Å²) in [5, 5.41) is 3.18. The van der Waals surface area contributed by atoms with Gasteiger partial charge in [-0.25, -0.2) is 12.7 Å². The van der Waals surface area contributed by atoms with Crippen LogP contribution in [0.15, 0.2) is 24.3 Å². The molecule has 1 aromatic rings. The summed E-state index contributed by atoms with van der Waals surface area (Å²) in [6.45, 7) is 5.09. The molecule has 1 amide bonds. The molecule has 1 aromatic carbocycles. The number of ether oxygens (including phenoxy) is 1. The van der Waals surface area contributed by atoms with Crippen molar-refractivity contribution < 1.29 is 17.9 Å². The van der Waals surface area contributed by atoms with Gasteiger partial charge in [-0.1, -0.05) is 26.0 Å². The SMILES string of the molecule is COc1ccc(C(CC(C)C)NC(=O)C2CCN(S(C)(=O)=O)CC2)cc1. The summed E-state index contributed by atoms with van der Waals surface area (Å²) in [5.41, 5.74) is 1.06. The van der Waals surface area contributed by atoms with E-state index in [2.05, 4.69) is 19.2 Å². The quantitative estimate of drug-likeness (QED) is 0.786. The fraction of sp³-hybridized carbons (Fsp3) is 0.632. The molecule has 0 aromatic heterocycles. The molecule has 26 heavy (non-hydrogen) atoms. The Labute approximate surface area is 157 Å². The first-order valence-electron chi connectivity index (χ1n) is 9.10. The highest BCUT2D eigenvalue weighted by atomic mass is 32.2. The fourth-order valence-corrected chi connectivity index (χ4v) is 4.20. The number of hydrogen-bond acceptors (Lipinski definition) is 4. The van der Waals surface area contributed by atoms with Crippen LogP contribution in [0.3, 0.4) is 0 Å². The lowest BCUT2D eigenvalue weighted by Gasteiger charge is -2.31. The standard InChI is InChI=1S/C19H30N2O4S/c1-14(2)13-18(15-5-7-17(25-3)8-6-15)20-19(22)16-9-11-21(12-10-16)26(4,23)24/h5-8,14,16,18H,9-13H2,1-4H3,(H,20,22). The molecule has 7 heteroatoms. The first kappa shape index (κ1) is 20.7. The number of carbonyl (C=O) groups is 1. The number of nitrogens with one attached hydrogen (secondary N) is 1. The normalized spacial score (nSPS) is 17.9. The van der Waals surface area contributed by atoms with Gasteiger partial charge >= 0.3 is 0 Å². The predicted octanol–water partition coefficient (Wildman–Crippen LogP) is 2.57. The highest BCUT2D eigenvalue weighted by Crippen LogP contribution is 2.26. The number of carbonyl (C=O) groups excluding carboxylic acids is 1. The Morgan fingerprint density at radius 1 is 1.23 bits per heavy atom. The Bertz CT molecular complexity index is 693. The van der Waals surface area contributed by atoms with Gasteiger partial charge < -0.3 is 10.1 Å². The lowest BCUT2D eigenvalue weighted by atomic mass is 9.93. The lowest BCUT2D eigenvalue weighted by Crippen LogP contribution is -2.43. The molecule has 146 valence electrons. The van der Waals surface area contributed by atoms with Crippen LogP contribution in [0.5, 0.6) is 5.75 Å². The van der Waals surface area contributed by atoms with E-state index in [1.54, 1.807) is 7.11 Å². The zero-order valence-corrected chi connectivity index (χ0v) is 16.9. The Hall–Kier alpha value is -1.60. The van der Waals surface area contributed by atoms with Crippen LogP contribution in [0.4, 0.5) is 0 Å². The number of benzene rings is 1. The van der Waals surface area contributed by atoms with Gasteiger partial charge in [-0.05, 0) is 42.9 Å². The van der Waals surface area contributed by atoms with Crippen LogP contribution in [0.25, 0.3) is 0 Å². The summed E-state index contributed by atoms with van der Waals surface area (Å²) in [5.74, 6) is 1.10. The minimum absolute atomic E-state index is 0.0135. The van der Waals surface area contributed by atoms with Gasteiger partial charge in [0.1, 0.15) is 5.75 Å². The molecule has 1 saturated heterocycles. The third-order valence-corrected chi connectivity index (χ3v) is 6.14. The maximum Gasteiger partial charge on any atom is 0.223 e. The molecule has 1 N–H and O–H groups in total. The minimum atomic E-state index is -3.17. The molecule has 0 spiro atoms. The molecule has 6 nitrogen and oxygen atoms in total. The van der Waals surface area contributed by atoms with Crippen molar-refractivity contribution in [3.05, 3.63) is 29.8 Å². The van der Waals surface area contributed by atoms with Crippen LogP contribution in [-0.2, 0) is 14.8 Å². The number of sulfonamides is 1. The first-order valence-corrected chi connectivity index (χ1v) is 10.9. The minimum Gasteiger partial charge on any atom is -0.497 e. The molecular formula is C19H30N2O4S. The van der Waals surface area contributed by atoms with Crippen LogP contribution in [0.2, 0.25) is 0 Å². The highest BCUT2D eigenvalue weighted by molar-refractivity contribution is 7.88. The smallest absolute Gasteiger partial charge is 0.223 e. The molecule has 1 aliphatic heterocycles. The van der Waals surface area contributed by atoms with Crippen molar-refractivity contribution in [2.75, 3.05) is 26.5 Å². The molecule has 1 aliphatic rings. The van der Waals surface area contributed by atoms with E-state index in [9.17, 15) is 13.2 Å². The monoisotopic (exact) mass is 382 g/mol. The van der Waals surface area contributed by atoms with Crippen molar-refractivity contribution in [1.29, 1.82) is 0 Å². The fourth-order valence-electron chi connectivity index (χ4n) is 3.33. The van der Waals surface area contributed by atoms with Crippen LogP contribution >= 0.6 is 0 Å². The average molecular weight is 383 g/mol. The Morgan fingerprint density at radius 2 is 1.81 bits per heavy atom. The first-order chi connectivity index (χ1) is 12.2. The number of hydrogen-bond donors (Lipinski definition) is 1.